The van der Waals surface area contributed by atoms with Crippen molar-refractivity contribution in [3.8, 4) is 5.88 Å². The van der Waals surface area contributed by atoms with Crippen LogP contribution in [0.4, 0.5) is 5.82 Å². The van der Waals surface area contributed by atoms with Gasteiger partial charge in [0.15, 0.2) is 0 Å². The first kappa shape index (κ1) is 12.8. The van der Waals surface area contributed by atoms with E-state index in [1.54, 1.807) is 18.7 Å². The summed E-state index contributed by atoms with van der Waals surface area (Å²) >= 11 is 0. The fourth-order valence-electron chi connectivity index (χ4n) is 2.43. The molecule has 0 N–H and O–H groups in total. The summed E-state index contributed by atoms with van der Waals surface area (Å²) in [5, 5.41) is 0. The standard InChI is InChI=1S/C14H17N5O/c1-2-20-13-8-12(17-10-18-13)19-7-4-11(9-19)14-15-5-3-6-16-14/h3,5-6,8,10-11H,2,4,7,9H2,1H3. The predicted octanol–water partition coefficient (Wildman–Crippen LogP) is 1.66. The van der Waals surface area contributed by atoms with Crippen molar-refractivity contribution in [2.75, 3.05) is 24.6 Å². The molecule has 1 fully saturated rings. The minimum Gasteiger partial charge on any atom is -0.478 e. The van der Waals surface area contributed by atoms with Gasteiger partial charge in [0.25, 0.3) is 0 Å². The maximum absolute atomic E-state index is 5.42. The lowest BCUT2D eigenvalue weighted by Gasteiger charge is -2.17. The first-order chi connectivity index (χ1) is 9.86. The van der Waals surface area contributed by atoms with Crippen LogP contribution in [-0.4, -0.2) is 39.6 Å². The molecule has 3 heterocycles. The molecule has 1 unspecified atom stereocenters. The molecule has 1 saturated heterocycles. The second-order valence-electron chi connectivity index (χ2n) is 4.69. The van der Waals surface area contributed by atoms with Crippen LogP contribution in [0.5, 0.6) is 5.88 Å². The lowest BCUT2D eigenvalue weighted by molar-refractivity contribution is 0.326. The Morgan fingerprint density at radius 3 is 2.90 bits per heavy atom. The van der Waals surface area contributed by atoms with Crippen LogP contribution in [0.15, 0.2) is 30.9 Å². The van der Waals surface area contributed by atoms with Crippen LogP contribution >= 0.6 is 0 Å². The van der Waals surface area contributed by atoms with E-state index in [2.05, 4.69) is 24.8 Å². The van der Waals surface area contributed by atoms with Crippen LogP contribution < -0.4 is 9.64 Å². The van der Waals surface area contributed by atoms with Crippen molar-refractivity contribution in [2.24, 2.45) is 0 Å². The summed E-state index contributed by atoms with van der Waals surface area (Å²) in [5.74, 6) is 2.80. The molecule has 1 aliphatic rings. The summed E-state index contributed by atoms with van der Waals surface area (Å²) in [6.45, 7) is 4.38. The van der Waals surface area contributed by atoms with Gasteiger partial charge in [0, 0.05) is 37.5 Å². The zero-order chi connectivity index (χ0) is 13.8. The van der Waals surface area contributed by atoms with Crippen LogP contribution in [0.1, 0.15) is 25.1 Å². The fourth-order valence-corrected chi connectivity index (χ4v) is 2.43. The molecule has 2 aromatic rings. The normalized spacial score (nSPS) is 18.2. The van der Waals surface area contributed by atoms with Crippen molar-refractivity contribution in [1.82, 2.24) is 19.9 Å². The topological polar surface area (TPSA) is 64.0 Å². The molecule has 3 rings (SSSR count). The summed E-state index contributed by atoms with van der Waals surface area (Å²) in [6.07, 6.45) is 6.18. The Morgan fingerprint density at radius 1 is 1.25 bits per heavy atom. The Bertz CT molecular complexity index is 563. The van der Waals surface area contributed by atoms with Gasteiger partial charge in [-0.2, -0.15) is 0 Å². The van der Waals surface area contributed by atoms with Gasteiger partial charge >= 0.3 is 0 Å². The number of nitrogens with zero attached hydrogens (tertiary/aromatic N) is 5. The van der Waals surface area contributed by atoms with Gasteiger partial charge in [0.1, 0.15) is 18.0 Å². The van der Waals surface area contributed by atoms with Crippen LogP contribution in [-0.2, 0) is 0 Å². The molecular formula is C14H17N5O. The van der Waals surface area contributed by atoms with Crippen molar-refractivity contribution >= 4 is 5.82 Å². The molecule has 20 heavy (non-hydrogen) atoms. The zero-order valence-corrected chi connectivity index (χ0v) is 11.4. The van der Waals surface area contributed by atoms with Gasteiger partial charge < -0.3 is 9.64 Å². The highest BCUT2D eigenvalue weighted by Crippen LogP contribution is 2.28. The van der Waals surface area contributed by atoms with Crippen molar-refractivity contribution in [1.29, 1.82) is 0 Å². The van der Waals surface area contributed by atoms with Gasteiger partial charge in [-0.05, 0) is 19.4 Å². The summed E-state index contributed by atoms with van der Waals surface area (Å²) in [5.41, 5.74) is 0. The second-order valence-corrected chi connectivity index (χ2v) is 4.69. The molecule has 0 radical (unpaired) electrons. The Kier molecular flexibility index (Phi) is 3.71. The van der Waals surface area contributed by atoms with Crippen LogP contribution in [0.2, 0.25) is 0 Å². The Hall–Kier alpha value is -2.24. The summed E-state index contributed by atoms with van der Waals surface area (Å²) < 4.78 is 5.42. The van der Waals surface area contributed by atoms with E-state index in [1.807, 2.05) is 19.1 Å². The molecule has 0 spiro atoms. The van der Waals surface area contributed by atoms with Gasteiger partial charge in [0.2, 0.25) is 5.88 Å². The van der Waals surface area contributed by atoms with E-state index in [9.17, 15) is 0 Å². The minimum atomic E-state index is 0.363. The molecular weight excluding hydrogens is 254 g/mol. The minimum absolute atomic E-state index is 0.363. The summed E-state index contributed by atoms with van der Waals surface area (Å²) in [4.78, 5) is 19.3. The third-order valence-electron chi connectivity index (χ3n) is 3.38. The molecule has 0 saturated carbocycles. The maximum Gasteiger partial charge on any atom is 0.218 e. The molecule has 0 aliphatic carbocycles. The van der Waals surface area contributed by atoms with Crippen molar-refractivity contribution in [3.05, 3.63) is 36.7 Å². The first-order valence-electron chi connectivity index (χ1n) is 6.83. The van der Waals surface area contributed by atoms with E-state index in [1.165, 1.54) is 0 Å². The van der Waals surface area contributed by atoms with E-state index in [0.717, 1.165) is 31.2 Å². The largest absolute Gasteiger partial charge is 0.478 e. The van der Waals surface area contributed by atoms with Gasteiger partial charge in [-0.3, -0.25) is 0 Å². The quantitative estimate of drug-likeness (QED) is 0.842. The zero-order valence-electron chi connectivity index (χ0n) is 11.4. The molecule has 2 aromatic heterocycles. The summed E-state index contributed by atoms with van der Waals surface area (Å²) in [6, 6.07) is 3.73. The number of ether oxygens (including phenoxy) is 1. The van der Waals surface area contributed by atoms with Crippen LogP contribution in [0, 0.1) is 0 Å². The number of anilines is 1. The molecule has 1 aliphatic heterocycles. The van der Waals surface area contributed by atoms with Gasteiger partial charge in [-0.1, -0.05) is 0 Å². The SMILES string of the molecule is CCOc1cc(N2CCC(c3ncccn3)C2)ncn1. The van der Waals surface area contributed by atoms with E-state index >= 15 is 0 Å². The first-order valence-corrected chi connectivity index (χ1v) is 6.83. The molecule has 6 heteroatoms. The second kappa shape index (κ2) is 5.81. The Labute approximate surface area is 117 Å². The Morgan fingerprint density at radius 2 is 2.10 bits per heavy atom. The predicted molar refractivity (Wildman–Crippen MR) is 74.8 cm³/mol. The van der Waals surface area contributed by atoms with Crippen molar-refractivity contribution in [2.45, 2.75) is 19.3 Å². The van der Waals surface area contributed by atoms with Crippen molar-refractivity contribution < 1.29 is 4.74 Å². The van der Waals surface area contributed by atoms with Crippen molar-refractivity contribution in [3.63, 3.8) is 0 Å². The molecule has 104 valence electrons. The highest BCUT2D eigenvalue weighted by atomic mass is 16.5. The average Bonchev–Trinajstić information content (AvgIpc) is 2.99. The number of rotatable bonds is 4. The Balaban J connectivity index is 1.72. The third kappa shape index (κ3) is 2.68. The van der Waals surface area contributed by atoms with Crippen LogP contribution in [0.3, 0.4) is 0 Å². The van der Waals surface area contributed by atoms with E-state index in [4.69, 9.17) is 4.74 Å². The van der Waals surface area contributed by atoms with E-state index in [0.29, 0.717) is 18.4 Å². The highest BCUT2D eigenvalue weighted by Gasteiger charge is 2.26. The lowest BCUT2D eigenvalue weighted by Crippen LogP contribution is -2.21. The molecule has 0 amide bonds. The highest BCUT2D eigenvalue weighted by molar-refractivity contribution is 5.42. The summed E-state index contributed by atoms with van der Waals surface area (Å²) in [7, 11) is 0. The van der Waals surface area contributed by atoms with Gasteiger partial charge in [0.05, 0.1) is 6.61 Å². The van der Waals surface area contributed by atoms with E-state index < -0.39 is 0 Å². The fraction of sp³-hybridized carbons (Fsp3) is 0.429. The molecule has 0 bridgehead atoms. The molecule has 6 nitrogen and oxygen atoms in total. The number of aromatic nitrogens is 4. The van der Waals surface area contributed by atoms with E-state index in [-0.39, 0.29) is 0 Å². The number of hydrogen-bond acceptors (Lipinski definition) is 6. The van der Waals surface area contributed by atoms with Gasteiger partial charge in [-0.15, -0.1) is 0 Å². The average molecular weight is 271 g/mol. The van der Waals surface area contributed by atoms with Gasteiger partial charge in [-0.25, -0.2) is 19.9 Å². The number of hydrogen-bond donors (Lipinski definition) is 0. The third-order valence-corrected chi connectivity index (χ3v) is 3.38. The van der Waals surface area contributed by atoms with Crippen LogP contribution in [0.25, 0.3) is 0 Å². The molecule has 1 atom stereocenters. The maximum atomic E-state index is 5.42. The molecule has 0 aromatic carbocycles. The monoisotopic (exact) mass is 271 g/mol. The lowest BCUT2D eigenvalue weighted by atomic mass is 10.1. The smallest absolute Gasteiger partial charge is 0.218 e.